The van der Waals surface area contributed by atoms with Crippen LogP contribution >= 0.6 is 11.8 Å². The van der Waals surface area contributed by atoms with Gasteiger partial charge in [-0.15, -0.1) is 11.8 Å². The number of thioether (sulfide) groups is 1. The second kappa shape index (κ2) is 7.70. The summed E-state index contributed by atoms with van der Waals surface area (Å²) < 4.78 is 5.22. The number of hydrogen-bond donors (Lipinski definition) is 2. The summed E-state index contributed by atoms with van der Waals surface area (Å²) >= 11 is 1.58. The molecule has 0 spiro atoms. The summed E-state index contributed by atoms with van der Waals surface area (Å²) in [6, 6.07) is 10.6. The number of carboxylic acids is 1. The first-order valence-electron chi connectivity index (χ1n) is 6.89. The molecule has 6 heteroatoms. The number of benzene rings is 1. The van der Waals surface area contributed by atoms with Crippen LogP contribution in [0.5, 0.6) is 0 Å². The number of carbonyl (C=O) groups is 2. The van der Waals surface area contributed by atoms with Gasteiger partial charge >= 0.3 is 5.97 Å². The molecule has 0 aliphatic carbocycles. The van der Waals surface area contributed by atoms with E-state index in [1.165, 1.54) is 6.26 Å². The van der Waals surface area contributed by atoms with Crippen LogP contribution in [0.15, 0.2) is 52.0 Å². The standard InChI is InChI=1S/C16H17NO4S/c1-2-13(16(19)20)17-15(18)14-11(8-9-21-14)10-22-12-6-4-3-5-7-12/h3-9,13H,2,10H2,1H3,(H,17,18)(H,19,20). The smallest absolute Gasteiger partial charge is 0.326 e. The summed E-state index contributed by atoms with van der Waals surface area (Å²) in [4.78, 5) is 24.2. The number of furan rings is 1. The number of amides is 1. The van der Waals surface area contributed by atoms with Gasteiger partial charge in [-0.2, -0.15) is 0 Å². The Labute approximate surface area is 132 Å². The Balaban J connectivity index is 2.02. The highest BCUT2D eigenvalue weighted by Crippen LogP contribution is 2.24. The monoisotopic (exact) mass is 319 g/mol. The van der Waals surface area contributed by atoms with Crippen molar-refractivity contribution in [3.8, 4) is 0 Å². The van der Waals surface area contributed by atoms with Crippen LogP contribution in [0.25, 0.3) is 0 Å². The van der Waals surface area contributed by atoms with E-state index in [-0.39, 0.29) is 5.76 Å². The van der Waals surface area contributed by atoms with Gasteiger partial charge in [0.1, 0.15) is 6.04 Å². The van der Waals surface area contributed by atoms with E-state index in [4.69, 9.17) is 9.52 Å². The highest BCUT2D eigenvalue weighted by atomic mass is 32.2. The van der Waals surface area contributed by atoms with Crippen LogP contribution in [0.1, 0.15) is 29.5 Å². The Morgan fingerprint density at radius 1 is 1.27 bits per heavy atom. The Morgan fingerprint density at radius 2 is 2.00 bits per heavy atom. The number of carboxylic acid groups (broad SMARTS) is 1. The van der Waals surface area contributed by atoms with E-state index in [0.29, 0.717) is 12.2 Å². The largest absolute Gasteiger partial charge is 0.480 e. The second-order valence-electron chi connectivity index (χ2n) is 4.65. The van der Waals surface area contributed by atoms with Crippen LogP contribution in [0.4, 0.5) is 0 Å². The molecule has 1 aromatic heterocycles. The second-order valence-corrected chi connectivity index (χ2v) is 5.70. The lowest BCUT2D eigenvalue weighted by Gasteiger charge is -2.11. The first-order chi connectivity index (χ1) is 10.6. The third-order valence-electron chi connectivity index (χ3n) is 3.10. The van der Waals surface area contributed by atoms with Crippen molar-refractivity contribution >= 4 is 23.6 Å². The maximum absolute atomic E-state index is 12.1. The lowest BCUT2D eigenvalue weighted by atomic mass is 10.2. The minimum atomic E-state index is -1.05. The van der Waals surface area contributed by atoms with Gasteiger partial charge in [-0.05, 0) is 24.6 Å². The Kier molecular flexibility index (Phi) is 5.66. The van der Waals surface area contributed by atoms with Crippen molar-refractivity contribution in [1.82, 2.24) is 5.32 Å². The number of nitrogens with one attached hydrogen (secondary N) is 1. The van der Waals surface area contributed by atoms with Gasteiger partial charge in [0.2, 0.25) is 0 Å². The molecule has 1 atom stereocenters. The average Bonchev–Trinajstić information content (AvgIpc) is 2.99. The third-order valence-corrected chi connectivity index (χ3v) is 4.16. The predicted octanol–water partition coefficient (Wildman–Crippen LogP) is 3.16. The first-order valence-corrected chi connectivity index (χ1v) is 7.88. The minimum Gasteiger partial charge on any atom is -0.480 e. The molecule has 1 amide bonds. The topological polar surface area (TPSA) is 79.5 Å². The molecular weight excluding hydrogens is 302 g/mol. The van der Waals surface area contributed by atoms with E-state index in [9.17, 15) is 9.59 Å². The van der Waals surface area contributed by atoms with E-state index in [1.54, 1.807) is 24.8 Å². The maximum Gasteiger partial charge on any atom is 0.326 e. The van der Waals surface area contributed by atoms with E-state index in [0.717, 1.165) is 10.5 Å². The summed E-state index contributed by atoms with van der Waals surface area (Å²) in [6.07, 6.45) is 1.76. The quantitative estimate of drug-likeness (QED) is 0.766. The van der Waals surface area contributed by atoms with Gasteiger partial charge in [0.05, 0.1) is 6.26 Å². The highest BCUT2D eigenvalue weighted by Gasteiger charge is 2.22. The van der Waals surface area contributed by atoms with Crippen molar-refractivity contribution in [1.29, 1.82) is 0 Å². The summed E-state index contributed by atoms with van der Waals surface area (Å²) in [5, 5.41) is 11.5. The fourth-order valence-corrected chi connectivity index (χ4v) is 2.79. The van der Waals surface area contributed by atoms with Crippen LogP contribution in [0.3, 0.4) is 0 Å². The van der Waals surface area contributed by atoms with Crippen molar-refractivity contribution < 1.29 is 19.1 Å². The molecule has 1 heterocycles. The molecule has 2 aromatic rings. The number of rotatable bonds is 7. The molecule has 0 saturated carbocycles. The molecular formula is C16H17NO4S. The molecule has 5 nitrogen and oxygen atoms in total. The van der Waals surface area contributed by atoms with E-state index >= 15 is 0 Å². The molecule has 0 aliphatic rings. The van der Waals surface area contributed by atoms with Crippen molar-refractivity contribution in [2.45, 2.75) is 30.0 Å². The van der Waals surface area contributed by atoms with Crippen LogP contribution in [0.2, 0.25) is 0 Å². The van der Waals surface area contributed by atoms with E-state index < -0.39 is 17.9 Å². The van der Waals surface area contributed by atoms with Crippen molar-refractivity contribution in [3.63, 3.8) is 0 Å². The van der Waals surface area contributed by atoms with Crippen LogP contribution in [-0.4, -0.2) is 23.0 Å². The average molecular weight is 319 g/mol. The number of hydrogen-bond acceptors (Lipinski definition) is 4. The van der Waals surface area contributed by atoms with Gasteiger partial charge in [0, 0.05) is 16.2 Å². The molecule has 1 aromatic carbocycles. The lowest BCUT2D eigenvalue weighted by Crippen LogP contribution is -2.40. The fourth-order valence-electron chi connectivity index (χ4n) is 1.89. The summed E-state index contributed by atoms with van der Waals surface area (Å²) in [7, 11) is 0. The lowest BCUT2D eigenvalue weighted by molar-refractivity contribution is -0.139. The normalized spacial score (nSPS) is 11.9. The Bertz CT molecular complexity index is 639. The van der Waals surface area contributed by atoms with Gasteiger partial charge < -0.3 is 14.8 Å². The zero-order valence-electron chi connectivity index (χ0n) is 12.1. The predicted molar refractivity (Wildman–Crippen MR) is 83.9 cm³/mol. The minimum absolute atomic E-state index is 0.170. The SMILES string of the molecule is CCC(NC(=O)c1occc1CSc1ccccc1)C(=O)O. The molecule has 0 aliphatic heterocycles. The Hall–Kier alpha value is -2.21. The van der Waals surface area contributed by atoms with Gasteiger partial charge in [0.25, 0.3) is 5.91 Å². The molecule has 2 N–H and O–H groups in total. The summed E-state index contributed by atoms with van der Waals surface area (Å²) in [6.45, 7) is 1.70. The van der Waals surface area contributed by atoms with Crippen LogP contribution in [-0.2, 0) is 10.5 Å². The van der Waals surface area contributed by atoms with Gasteiger partial charge in [-0.25, -0.2) is 4.79 Å². The van der Waals surface area contributed by atoms with Crippen molar-refractivity contribution in [2.24, 2.45) is 0 Å². The third kappa shape index (κ3) is 4.14. The summed E-state index contributed by atoms with van der Waals surface area (Å²) in [5.74, 6) is -0.804. The van der Waals surface area contributed by atoms with Crippen molar-refractivity contribution in [2.75, 3.05) is 0 Å². The zero-order valence-corrected chi connectivity index (χ0v) is 12.9. The number of carbonyl (C=O) groups excluding carboxylic acids is 1. The van der Waals surface area contributed by atoms with Crippen LogP contribution in [0, 0.1) is 0 Å². The van der Waals surface area contributed by atoms with Crippen LogP contribution < -0.4 is 5.32 Å². The molecule has 2 rings (SSSR count). The molecule has 1 unspecified atom stereocenters. The zero-order chi connectivity index (χ0) is 15.9. The fraction of sp³-hybridized carbons (Fsp3) is 0.250. The molecule has 22 heavy (non-hydrogen) atoms. The highest BCUT2D eigenvalue weighted by molar-refractivity contribution is 7.98. The molecule has 0 radical (unpaired) electrons. The van der Waals surface area contributed by atoms with Crippen molar-refractivity contribution in [3.05, 3.63) is 54.0 Å². The Morgan fingerprint density at radius 3 is 2.64 bits per heavy atom. The van der Waals surface area contributed by atoms with E-state index in [2.05, 4.69) is 5.32 Å². The summed E-state index contributed by atoms with van der Waals surface area (Å²) in [5.41, 5.74) is 0.742. The van der Waals surface area contributed by atoms with Gasteiger partial charge in [0.15, 0.2) is 5.76 Å². The molecule has 116 valence electrons. The molecule has 0 bridgehead atoms. The van der Waals surface area contributed by atoms with Gasteiger partial charge in [-0.1, -0.05) is 25.1 Å². The molecule has 0 saturated heterocycles. The first kappa shape index (κ1) is 16.2. The number of aliphatic carboxylic acids is 1. The van der Waals surface area contributed by atoms with E-state index in [1.807, 2.05) is 30.3 Å². The van der Waals surface area contributed by atoms with Gasteiger partial charge in [-0.3, -0.25) is 4.79 Å². The molecule has 0 fully saturated rings. The maximum atomic E-state index is 12.1.